The highest BCUT2D eigenvalue weighted by Gasteiger charge is 2.25. The number of hydrogen-bond donors (Lipinski definition) is 1. The third kappa shape index (κ3) is 4.09. The molecule has 1 rings (SSSR count). The minimum absolute atomic E-state index is 0.267. The average Bonchev–Trinajstić information content (AvgIpc) is 2.88. The maximum atomic E-state index is 10.5. The van der Waals surface area contributed by atoms with Crippen LogP contribution in [-0.2, 0) is 4.79 Å². The van der Waals surface area contributed by atoms with Crippen LogP contribution in [0, 0.1) is 5.92 Å². The number of nitrogens with zero attached hydrogens (tertiary/aromatic N) is 1. The largest absolute Gasteiger partial charge is 0.481 e. The lowest BCUT2D eigenvalue weighted by molar-refractivity contribution is -0.137. The van der Waals surface area contributed by atoms with Crippen LogP contribution < -0.4 is 0 Å². The van der Waals surface area contributed by atoms with Crippen molar-refractivity contribution in [2.75, 3.05) is 13.1 Å². The molecule has 0 amide bonds. The minimum atomic E-state index is -0.693. The Balaban J connectivity index is 2.23. The van der Waals surface area contributed by atoms with Gasteiger partial charge in [-0.2, -0.15) is 0 Å². The summed E-state index contributed by atoms with van der Waals surface area (Å²) in [4.78, 5) is 12.7. The molecule has 0 aromatic carbocycles. The topological polar surface area (TPSA) is 40.5 Å². The molecule has 0 heterocycles. The van der Waals surface area contributed by atoms with E-state index in [-0.39, 0.29) is 6.42 Å². The Hall–Kier alpha value is -0.570. The van der Waals surface area contributed by atoms with Crippen LogP contribution in [0.5, 0.6) is 0 Å². The first-order valence-corrected chi connectivity index (χ1v) is 5.59. The van der Waals surface area contributed by atoms with Gasteiger partial charge in [-0.1, -0.05) is 19.8 Å². The van der Waals surface area contributed by atoms with E-state index in [1.807, 2.05) is 0 Å². The van der Waals surface area contributed by atoms with Gasteiger partial charge in [-0.15, -0.1) is 0 Å². The molecule has 0 bridgehead atoms. The molecular formula is C11H21NO2. The number of aliphatic carboxylic acids is 1. The Morgan fingerprint density at radius 3 is 2.64 bits per heavy atom. The van der Waals surface area contributed by atoms with Gasteiger partial charge in [0.25, 0.3) is 0 Å². The van der Waals surface area contributed by atoms with Gasteiger partial charge in [-0.25, -0.2) is 0 Å². The summed E-state index contributed by atoms with van der Waals surface area (Å²) in [6.45, 7) is 5.97. The smallest absolute Gasteiger partial charge is 0.304 e. The predicted molar refractivity (Wildman–Crippen MR) is 56.3 cm³/mol. The fourth-order valence-electron chi connectivity index (χ4n) is 1.91. The normalized spacial score (nSPS) is 18.5. The second-order valence-electron chi connectivity index (χ2n) is 4.30. The number of carboxylic acids is 1. The Labute approximate surface area is 86.1 Å². The van der Waals surface area contributed by atoms with Gasteiger partial charge in [0.2, 0.25) is 0 Å². The SMILES string of the molecule is CCN(CCC(=O)O)C(C)CC1CC1. The molecule has 1 N–H and O–H groups in total. The van der Waals surface area contributed by atoms with Gasteiger partial charge < -0.3 is 10.0 Å². The summed E-state index contributed by atoms with van der Waals surface area (Å²) in [5, 5.41) is 8.61. The Bertz CT molecular complexity index is 190. The van der Waals surface area contributed by atoms with Gasteiger partial charge in [0.15, 0.2) is 0 Å². The minimum Gasteiger partial charge on any atom is -0.481 e. The zero-order valence-electron chi connectivity index (χ0n) is 9.20. The molecule has 1 saturated carbocycles. The number of rotatable bonds is 7. The van der Waals surface area contributed by atoms with Crippen LogP contribution in [0.25, 0.3) is 0 Å². The van der Waals surface area contributed by atoms with E-state index in [1.54, 1.807) is 0 Å². The molecule has 1 aliphatic carbocycles. The summed E-state index contributed by atoms with van der Waals surface area (Å²) in [7, 11) is 0. The summed E-state index contributed by atoms with van der Waals surface area (Å²) in [6.07, 6.45) is 4.26. The van der Waals surface area contributed by atoms with E-state index < -0.39 is 5.97 Å². The monoisotopic (exact) mass is 199 g/mol. The van der Waals surface area contributed by atoms with Crippen LogP contribution in [0.15, 0.2) is 0 Å². The summed E-state index contributed by atoms with van der Waals surface area (Å²) < 4.78 is 0. The highest BCUT2D eigenvalue weighted by molar-refractivity contribution is 5.66. The van der Waals surface area contributed by atoms with Crippen LogP contribution >= 0.6 is 0 Å². The van der Waals surface area contributed by atoms with Gasteiger partial charge in [0, 0.05) is 12.6 Å². The van der Waals surface area contributed by atoms with Crippen LogP contribution in [0.2, 0.25) is 0 Å². The molecule has 0 saturated heterocycles. The van der Waals surface area contributed by atoms with E-state index in [2.05, 4.69) is 18.7 Å². The first-order valence-electron chi connectivity index (χ1n) is 5.59. The Morgan fingerprint density at radius 1 is 1.57 bits per heavy atom. The number of carbonyl (C=O) groups is 1. The van der Waals surface area contributed by atoms with Crippen molar-refractivity contribution in [3.8, 4) is 0 Å². The van der Waals surface area contributed by atoms with Crippen molar-refractivity contribution in [3.63, 3.8) is 0 Å². The summed E-state index contributed by atoms with van der Waals surface area (Å²) >= 11 is 0. The quantitative estimate of drug-likeness (QED) is 0.681. The maximum absolute atomic E-state index is 10.5. The summed E-state index contributed by atoms with van der Waals surface area (Å²) in [5.74, 6) is 0.228. The molecule has 0 aromatic rings. The predicted octanol–water partition coefficient (Wildman–Crippen LogP) is 1.97. The van der Waals surface area contributed by atoms with Crippen molar-refractivity contribution in [1.82, 2.24) is 4.90 Å². The van der Waals surface area contributed by atoms with Crippen LogP contribution in [-0.4, -0.2) is 35.1 Å². The Kier molecular flexibility index (Phi) is 4.39. The van der Waals surface area contributed by atoms with Crippen molar-refractivity contribution < 1.29 is 9.90 Å². The maximum Gasteiger partial charge on any atom is 0.304 e. The summed E-state index contributed by atoms with van der Waals surface area (Å²) in [5.41, 5.74) is 0. The second kappa shape index (κ2) is 5.35. The molecule has 0 aromatic heterocycles. The first-order chi connectivity index (χ1) is 6.63. The molecule has 1 unspecified atom stereocenters. The standard InChI is InChI=1S/C11H21NO2/c1-3-12(7-6-11(13)14)9(2)8-10-4-5-10/h9-10H,3-8H2,1-2H3,(H,13,14). The molecule has 3 nitrogen and oxygen atoms in total. The van der Waals surface area contributed by atoms with Crippen LogP contribution in [0.3, 0.4) is 0 Å². The van der Waals surface area contributed by atoms with E-state index in [4.69, 9.17) is 5.11 Å². The summed E-state index contributed by atoms with van der Waals surface area (Å²) in [6, 6.07) is 0.548. The average molecular weight is 199 g/mol. The second-order valence-corrected chi connectivity index (χ2v) is 4.30. The van der Waals surface area contributed by atoms with Gasteiger partial charge >= 0.3 is 5.97 Å². The molecule has 82 valence electrons. The van der Waals surface area contributed by atoms with Gasteiger partial charge in [0.05, 0.1) is 6.42 Å². The number of hydrogen-bond acceptors (Lipinski definition) is 2. The number of carboxylic acid groups (broad SMARTS) is 1. The molecule has 1 atom stereocenters. The fraction of sp³-hybridized carbons (Fsp3) is 0.909. The highest BCUT2D eigenvalue weighted by atomic mass is 16.4. The van der Waals surface area contributed by atoms with Crippen molar-refractivity contribution in [1.29, 1.82) is 0 Å². The van der Waals surface area contributed by atoms with E-state index in [1.165, 1.54) is 19.3 Å². The lowest BCUT2D eigenvalue weighted by atomic mass is 10.1. The highest BCUT2D eigenvalue weighted by Crippen LogP contribution is 2.34. The molecule has 14 heavy (non-hydrogen) atoms. The van der Waals surface area contributed by atoms with Crippen molar-refractivity contribution in [2.24, 2.45) is 5.92 Å². The van der Waals surface area contributed by atoms with Crippen LogP contribution in [0.4, 0.5) is 0 Å². The van der Waals surface area contributed by atoms with E-state index in [0.717, 1.165) is 12.5 Å². The van der Waals surface area contributed by atoms with Crippen molar-refractivity contribution in [2.45, 2.75) is 45.6 Å². The third-order valence-corrected chi connectivity index (χ3v) is 3.01. The van der Waals surface area contributed by atoms with E-state index in [0.29, 0.717) is 12.6 Å². The molecular weight excluding hydrogens is 178 g/mol. The van der Waals surface area contributed by atoms with Crippen molar-refractivity contribution >= 4 is 5.97 Å². The van der Waals surface area contributed by atoms with E-state index >= 15 is 0 Å². The molecule has 3 heteroatoms. The third-order valence-electron chi connectivity index (χ3n) is 3.01. The zero-order valence-corrected chi connectivity index (χ0v) is 9.20. The zero-order chi connectivity index (χ0) is 10.6. The first kappa shape index (κ1) is 11.5. The molecule has 0 aliphatic heterocycles. The van der Waals surface area contributed by atoms with Gasteiger partial charge in [0.1, 0.15) is 0 Å². The lowest BCUT2D eigenvalue weighted by Gasteiger charge is -2.27. The molecule has 0 radical (unpaired) electrons. The Morgan fingerprint density at radius 2 is 2.21 bits per heavy atom. The molecule has 1 aliphatic rings. The lowest BCUT2D eigenvalue weighted by Crippen LogP contribution is -2.35. The molecule has 0 spiro atoms. The fourth-order valence-corrected chi connectivity index (χ4v) is 1.91. The van der Waals surface area contributed by atoms with Gasteiger partial charge in [-0.05, 0) is 25.8 Å². The van der Waals surface area contributed by atoms with Gasteiger partial charge in [-0.3, -0.25) is 4.79 Å². The molecule has 1 fully saturated rings. The van der Waals surface area contributed by atoms with Crippen molar-refractivity contribution in [3.05, 3.63) is 0 Å². The van der Waals surface area contributed by atoms with E-state index in [9.17, 15) is 4.79 Å². The van der Waals surface area contributed by atoms with Crippen LogP contribution in [0.1, 0.15) is 39.5 Å².